The summed E-state index contributed by atoms with van der Waals surface area (Å²) < 4.78 is 0. The third kappa shape index (κ3) is 0.778. The lowest BCUT2D eigenvalue weighted by atomic mass is 10.4. The Morgan fingerprint density at radius 3 is 2.91 bits per heavy atom. The van der Waals surface area contributed by atoms with Crippen molar-refractivity contribution in [3.05, 3.63) is 12.1 Å². The normalized spacial score (nSPS) is 10.5. The van der Waals surface area contributed by atoms with Crippen LogP contribution in [0.4, 0.5) is 11.6 Å². The van der Waals surface area contributed by atoms with Crippen molar-refractivity contribution in [3.8, 4) is 0 Å². The van der Waals surface area contributed by atoms with E-state index >= 15 is 0 Å². The number of pyridine rings is 1. The number of nitrogens with two attached hydrogens (primary N) is 2. The first-order valence-corrected chi connectivity index (χ1v) is 3.13. The van der Waals surface area contributed by atoms with Crippen molar-refractivity contribution in [1.29, 1.82) is 0 Å². The number of rotatable bonds is 0. The number of nitrogen functional groups attached to an aromatic ring is 2. The van der Waals surface area contributed by atoms with Crippen molar-refractivity contribution < 1.29 is 0 Å². The van der Waals surface area contributed by atoms with Crippen molar-refractivity contribution >= 4 is 22.7 Å². The molecule has 5 heteroatoms. The molecule has 0 atom stereocenters. The minimum atomic E-state index is 0.382. The lowest BCUT2D eigenvalue weighted by molar-refractivity contribution is 1.13. The van der Waals surface area contributed by atoms with Crippen LogP contribution in [-0.2, 0) is 0 Å². The summed E-state index contributed by atoms with van der Waals surface area (Å²) in [6.45, 7) is 0. The number of nitrogens with one attached hydrogen (secondary N) is 1. The third-order valence-electron chi connectivity index (χ3n) is 1.46. The molecule has 0 aromatic carbocycles. The van der Waals surface area contributed by atoms with E-state index in [1.807, 2.05) is 0 Å². The molecule has 5 nitrogen and oxygen atoms in total. The van der Waals surface area contributed by atoms with Crippen molar-refractivity contribution in [2.75, 3.05) is 11.5 Å². The van der Waals surface area contributed by atoms with E-state index in [-0.39, 0.29) is 0 Å². The number of fused-ring (bicyclic) bond motifs is 1. The van der Waals surface area contributed by atoms with Crippen LogP contribution >= 0.6 is 0 Å². The van der Waals surface area contributed by atoms with Crippen LogP contribution in [0, 0.1) is 0 Å². The number of hydrogen-bond donors (Lipinski definition) is 3. The fourth-order valence-corrected chi connectivity index (χ4v) is 0.933. The average molecular weight is 149 g/mol. The molecule has 2 rings (SSSR count). The number of aromatic amines is 1. The Kier molecular flexibility index (Phi) is 1.00. The smallest absolute Gasteiger partial charge is 0.171 e. The molecule has 0 fully saturated rings. The standard InChI is InChI=1S/C6H7N5/c7-4-2-1-3-5(9-4)6(8)11-10-3/h1-2H,(H2,7,9)(H3,8,10,11). The van der Waals surface area contributed by atoms with E-state index in [2.05, 4.69) is 15.2 Å². The van der Waals surface area contributed by atoms with Crippen LogP contribution < -0.4 is 11.5 Å². The summed E-state index contributed by atoms with van der Waals surface area (Å²) >= 11 is 0. The fraction of sp³-hybridized carbons (Fsp3) is 0. The molecule has 0 radical (unpaired) electrons. The third-order valence-corrected chi connectivity index (χ3v) is 1.46. The zero-order valence-electron chi connectivity index (χ0n) is 5.70. The van der Waals surface area contributed by atoms with Crippen molar-refractivity contribution in [1.82, 2.24) is 15.2 Å². The molecule has 5 N–H and O–H groups in total. The molecule has 0 saturated carbocycles. The first-order valence-electron chi connectivity index (χ1n) is 3.13. The topological polar surface area (TPSA) is 93.6 Å². The highest BCUT2D eigenvalue weighted by atomic mass is 15.2. The van der Waals surface area contributed by atoms with Gasteiger partial charge in [0.25, 0.3) is 0 Å². The lowest BCUT2D eigenvalue weighted by Gasteiger charge is -1.90. The highest BCUT2D eigenvalue weighted by molar-refractivity contribution is 5.85. The van der Waals surface area contributed by atoms with Crippen LogP contribution in [0.5, 0.6) is 0 Å². The molecule has 0 aliphatic carbocycles. The molecule has 0 aliphatic rings. The van der Waals surface area contributed by atoms with Gasteiger partial charge in [0.05, 0.1) is 5.52 Å². The van der Waals surface area contributed by atoms with Crippen LogP contribution in [0.25, 0.3) is 11.0 Å². The number of aromatic nitrogens is 3. The Morgan fingerprint density at radius 1 is 1.27 bits per heavy atom. The van der Waals surface area contributed by atoms with Gasteiger partial charge in [-0.15, -0.1) is 0 Å². The highest BCUT2D eigenvalue weighted by Gasteiger charge is 2.01. The minimum Gasteiger partial charge on any atom is -0.384 e. The second-order valence-corrected chi connectivity index (χ2v) is 2.24. The zero-order valence-corrected chi connectivity index (χ0v) is 5.70. The average Bonchev–Trinajstić information content (AvgIpc) is 2.33. The molecular weight excluding hydrogens is 142 g/mol. The van der Waals surface area contributed by atoms with Crippen LogP contribution in [0.15, 0.2) is 12.1 Å². The summed E-state index contributed by atoms with van der Waals surface area (Å²) in [5.74, 6) is 0.831. The zero-order chi connectivity index (χ0) is 7.84. The molecule has 2 aromatic rings. The van der Waals surface area contributed by atoms with E-state index in [0.717, 1.165) is 5.52 Å². The van der Waals surface area contributed by atoms with E-state index in [1.165, 1.54) is 0 Å². The Morgan fingerprint density at radius 2 is 2.09 bits per heavy atom. The molecule has 0 saturated heterocycles. The SMILES string of the molecule is Nc1ccc2[nH]nc(N)c2n1. The number of H-pyrrole nitrogens is 1. The Labute approximate surface area is 62.4 Å². The predicted molar refractivity (Wildman–Crippen MR) is 42.7 cm³/mol. The summed E-state index contributed by atoms with van der Waals surface area (Å²) in [5, 5.41) is 6.49. The van der Waals surface area contributed by atoms with Crippen LogP contribution in [0.3, 0.4) is 0 Å². The Hall–Kier alpha value is -1.78. The van der Waals surface area contributed by atoms with Gasteiger partial charge in [0.2, 0.25) is 0 Å². The van der Waals surface area contributed by atoms with Gasteiger partial charge in [-0.05, 0) is 12.1 Å². The maximum atomic E-state index is 5.48. The molecular formula is C6H7N5. The van der Waals surface area contributed by atoms with E-state index in [1.54, 1.807) is 12.1 Å². The van der Waals surface area contributed by atoms with E-state index < -0.39 is 0 Å². The van der Waals surface area contributed by atoms with Gasteiger partial charge in [-0.3, -0.25) is 5.10 Å². The molecule has 56 valence electrons. The van der Waals surface area contributed by atoms with Gasteiger partial charge in [0.1, 0.15) is 11.3 Å². The Bertz CT molecular complexity index is 391. The van der Waals surface area contributed by atoms with Gasteiger partial charge in [-0.2, -0.15) is 5.10 Å². The second-order valence-electron chi connectivity index (χ2n) is 2.24. The van der Waals surface area contributed by atoms with Gasteiger partial charge >= 0.3 is 0 Å². The van der Waals surface area contributed by atoms with Gasteiger partial charge in [-0.25, -0.2) is 4.98 Å². The number of nitrogens with zero attached hydrogens (tertiary/aromatic N) is 2. The van der Waals surface area contributed by atoms with Crippen molar-refractivity contribution in [3.63, 3.8) is 0 Å². The number of hydrogen-bond acceptors (Lipinski definition) is 4. The summed E-state index contributed by atoms with van der Waals surface area (Å²) in [4.78, 5) is 3.99. The lowest BCUT2D eigenvalue weighted by Crippen LogP contribution is -1.90. The maximum Gasteiger partial charge on any atom is 0.171 e. The molecule has 11 heavy (non-hydrogen) atoms. The van der Waals surface area contributed by atoms with Gasteiger partial charge in [0.15, 0.2) is 5.82 Å². The molecule has 0 bridgehead atoms. The first-order chi connectivity index (χ1) is 5.27. The van der Waals surface area contributed by atoms with E-state index in [9.17, 15) is 0 Å². The van der Waals surface area contributed by atoms with Crippen LogP contribution in [0.1, 0.15) is 0 Å². The van der Waals surface area contributed by atoms with Gasteiger partial charge < -0.3 is 11.5 Å². The predicted octanol–water partition coefficient (Wildman–Crippen LogP) is 0.122. The molecule has 0 aliphatic heterocycles. The highest BCUT2D eigenvalue weighted by Crippen LogP contribution is 2.15. The fourth-order valence-electron chi connectivity index (χ4n) is 0.933. The second kappa shape index (κ2) is 1.85. The monoisotopic (exact) mass is 149 g/mol. The first kappa shape index (κ1) is 5.96. The molecule has 2 aromatic heterocycles. The minimum absolute atomic E-state index is 0.382. The molecule has 0 spiro atoms. The van der Waals surface area contributed by atoms with Crippen LogP contribution in [-0.4, -0.2) is 15.2 Å². The number of anilines is 2. The van der Waals surface area contributed by atoms with Crippen molar-refractivity contribution in [2.24, 2.45) is 0 Å². The van der Waals surface area contributed by atoms with Crippen LogP contribution in [0.2, 0.25) is 0 Å². The van der Waals surface area contributed by atoms with E-state index in [0.29, 0.717) is 17.2 Å². The maximum absolute atomic E-state index is 5.48. The summed E-state index contributed by atoms with van der Waals surface area (Å²) in [7, 11) is 0. The summed E-state index contributed by atoms with van der Waals surface area (Å²) in [6, 6.07) is 3.49. The summed E-state index contributed by atoms with van der Waals surface area (Å²) in [6.07, 6.45) is 0. The van der Waals surface area contributed by atoms with E-state index in [4.69, 9.17) is 11.5 Å². The molecule has 0 unspecified atom stereocenters. The molecule has 2 heterocycles. The largest absolute Gasteiger partial charge is 0.384 e. The Balaban J connectivity index is 2.87. The molecule has 0 amide bonds. The van der Waals surface area contributed by atoms with Gasteiger partial charge in [-0.1, -0.05) is 0 Å². The van der Waals surface area contributed by atoms with Crippen molar-refractivity contribution in [2.45, 2.75) is 0 Å². The summed E-state index contributed by atoms with van der Waals surface area (Å²) in [5.41, 5.74) is 12.4. The van der Waals surface area contributed by atoms with Gasteiger partial charge in [0, 0.05) is 0 Å². The quantitative estimate of drug-likeness (QED) is 0.496.